The van der Waals surface area contributed by atoms with Gasteiger partial charge in [0.2, 0.25) is 0 Å². The Bertz CT molecular complexity index is 656. The SMILES string of the molecule is Cl.Cl.Nc1ccccc1C(=O)NCC1CCCN1c1cccnn1. The van der Waals surface area contributed by atoms with Gasteiger partial charge in [-0.15, -0.1) is 29.9 Å². The van der Waals surface area contributed by atoms with Crippen molar-refractivity contribution in [3.05, 3.63) is 48.2 Å². The van der Waals surface area contributed by atoms with Gasteiger partial charge in [0.05, 0.1) is 5.56 Å². The van der Waals surface area contributed by atoms with Crippen molar-refractivity contribution in [2.24, 2.45) is 0 Å². The molecule has 1 fully saturated rings. The number of halogens is 2. The van der Waals surface area contributed by atoms with E-state index in [1.54, 1.807) is 18.3 Å². The summed E-state index contributed by atoms with van der Waals surface area (Å²) < 4.78 is 0. The van der Waals surface area contributed by atoms with Crippen LogP contribution in [0.2, 0.25) is 0 Å². The fraction of sp³-hybridized carbons (Fsp3) is 0.312. The predicted octanol–water partition coefficient (Wildman–Crippen LogP) is 2.30. The molecule has 8 heteroatoms. The average Bonchev–Trinajstić information content (AvgIpc) is 3.02. The molecule has 0 spiro atoms. The quantitative estimate of drug-likeness (QED) is 0.807. The Morgan fingerprint density at radius 3 is 2.75 bits per heavy atom. The van der Waals surface area contributed by atoms with Crippen molar-refractivity contribution in [1.82, 2.24) is 15.5 Å². The third-order valence-corrected chi connectivity index (χ3v) is 3.93. The van der Waals surface area contributed by atoms with Gasteiger partial charge < -0.3 is 16.0 Å². The van der Waals surface area contributed by atoms with Crippen LogP contribution in [0.4, 0.5) is 11.5 Å². The monoisotopic (exact) mass is 369 g/mol. The molecular weight excluding hydrogens is 349 g/mol. The van der Waals surface area contributed by atoms with Crippen molar-refractivity contribution >= 4 is 42.2 Å². The van der Waals surface area contributed by atoms with Crippen LogP contribution in [0.15, 0.2) is 42.6 Å². The molecule has 1 aliphatic rings. The van der Waals surface area contributed by atoms with Crippen LogP contribution in [0.1, 0.15) is 23.2 Å². The van der Waals surface area contributed by atoms with Crippen LogP contribution < -0.4 is 16.0 Å². The number of anilines is 2. The molecule has 1 unspecified atom stereocenters. The van der Waals surface area contributed by atoms with Gasteiger partial charge in [0.15, 0.2) is 5.82 Å². The van der Waals surface area contributed by atoms with Gasteiger partial charge in [-0.2, -0.15) is 5.10 Å². The lowest BCUT2D eigenvalue weighted by molar-refractivity contribution is 0.0952. The molecule has 2 aromatic rings. The number of carbonyl (C=O) groups excluding carboxylic acids is 1. The molecule has 0 radical (unpaired) electrons. The van der Waals surface area contributed by atoms with Gasteiger partial charge in [-0.3, -0.25) is 4.79 Å². The van der Waals surface area contributed by atoms with E-state index in [1.165, 1.54) is 0 Å². The zero-order chi connectivity index (χ0) is 15.4. The Balaban J connectivity index is 0.00000144. The van der Waals surface area contributed by atoms with Crippen molar-refractivity contribution < 1.29 is 4.79 Å². The first kappa shape index (κ1) is 20.0. The first-order valence-corrected chi connectivity index (χ1v) is 7.43. The number of hydrogen-bond acceptors (Lipinski definition) is 5. The van der Waals surface area contributed by atoms with Crippen LogP contribution in [-0.2, 0) is 0 Å². The highest BCUT2D eigenvalue weighted by atomic mass is 35.5. The van der Waals surface area contributed by atoms with Gasteiger partial charge >= 0.3 is 0 Å². The topological polar surface area (TPSA) is 84.1 Å². The summed E-state index contributed by atoms with van der Waals surface area (Å²) in [6, 6.07) is 11.2. The van der Waals surface area contributed by atoms with Crippen LogP contribution in [0.25, 0.3) is 0 Å². The summed E-state index contributed by atoms with van der Waals surface area (Å²) in [4.78, 5) is 14.4. The Kier molecular flexibility index (Phi) is 7.74. The first-order chi connectivity index (χ1) is 10.8. The Morgan fingerprint density at radius 2 is 2.04 bits per heavy atom. The molecule has 1 amide bonds. The van der Waals surface area contributed by atoms with Crippen molar-refractivity contribution in [3.8, 4) is 0 Å². The fourth-order valence-corrected chi connectivity index (χ4v) is 2.81. The normalized spacial score (nSPS) is 16.0. The van der Waals surface area contributed by atoms with Gasteiger partial charge in [0, 0.05) is 31.0 Å². The fourth-order valence-electron chi connectivity index (χ4n) is 2.81. The van der Waals surface area contributed by atoms with Crippen LogP contribution in [0.3, 0.4) is 0 Å². The van der Waals surface area contributed by atoms with Crippen LogP contribution >= 0.6 is 24.8 Å². The van der Waals surface area contributed by atoms with Crippen molar-refractivity contribution in [1.29, 1.82) is 0 Å². The highest BCUT2D eigenvalue weighted by Gasteiger charge is 2.26. The van der Waals surface area contributed by atoms with Gasteiger partial charge in [0.25, 0.3) is 5.91 Å². The number of nitrogen functional groups attached to an aromatic ring is 1. The maximum absolute atomic E-state index is 12.2. The largest absolute Gasteiger partial charge is 0.398 e. The number of hydrogen-bond donors (Lipinski definition) is 2. The van der Waals surface area contributed by atoms with Gasteiger partial charge in [-0.05, 0) is 37.1 Å². The number of carbonyl (C=O) groups is 1. The molecule has 0 saturated carbocycles. The van der Waals surface area contributed by atoms with Gasteiger partial charge in [0.1, 0.15) is 0 Å². The molecule has 3 N–H and O–H groups in total. The minimum Gasteiger partial charge on any atom is -0.398 e. The average molecular weight is 370 g/mol. The molecule has 130 valence electrons. The van der Waals surface area contributed by atoms with Crippen LogP contribution in [0.5, 0.6) is 0 Å². The molecule has 1 atom stereocenters. The Morgan fingerprint density at radius 1 is 1.25 bits per heavy atom. The van der Waals surface area contributed by atoms with Crippen molar-refractivity contribution in [2.75, 3.05) is 23.7 Å². The second-order valence-corrected chi connectivity index (χ2v) is 5.37. The van der Waals surface area contributed by atoms with E-state index in [-0.39, 0.29) is 36.8 Å². The van der Waals surface area contributed by atoms with E-state index in [0.29, 0.717) is 17.8 Å². The lowest BCUT2D eigenvalue weighted by Gasteiger charge is -2.25. The summed E-state index contributed by atoms with van der Waals surface area (Å²) in [6.45, 7) is 1.51. The molecular formula is C16H21Cl2N5O. The lowest BCUT2D eigenvalue weighted by Crippen LogP contribution is -2.40. The third kappa shape index (κ3) is 4.49. The summed E-state index contributed by atoms with van der Waals surface area (Å²) in [6.07, 6.45) is 3.78. The molecule has 6 nitrogen and oxygen atoms in total. The zero-order valence-electron chi connectivity index (χ0n) is 13.1. The summed E-state index contributed by atoms with van der Waals surface area (Å²) >= 11 is 0. The summed E-state index contributed by atoms with van der Waals surface area (Å²) in [5, 5.41) is 11.0. The number of aromatic nitrogens is 2. The van der Waals surface area contributed by atoms with E-state index >= 15 is 0 Å². The molecule has 24 heavy (non-hydrogen) atoms. The second-order valence-electron chi connectivity index (χ2n) is 5.37. The lowest BCUT2D eigenvalue weighted by atomic mass is 10.1. The summed E-state index contributed by atoms with van der Waals surface area (Å²) in [5.74, 6) is 0.725. The number of benzene rings is 1. The van der Waals surface area contributed by atoms with Gasteiger partial charge in [-0.1, -0.05) is 12.1 Å². The van der Waals surface area contributed by atoms with E-state index in [1.807, 2.05) is 24.3 Å². The molecule has 1 aromatic carbocycles. The summed E-state index contributed by atoms with van der Waals surface area (Å²) in [5.41, 5.74) is 6.85. The number of nitrogens with zero attached hydrogens (tertiary/aromatic N) is 3. The minimum atomic E-state index is -0.135. The van der Waals surface area contributed by atoms with E-state index in [9.17, 15) is 4.79 Å². The van der Waals surface area contributed by atoms with E-state index in [0.717, 1.165) is 25.2 Å². The van der Waals surface area contributed by atoms with E-state index in [2.05, 4.69) is 20.4 Å². The summed E-state index contributed by atoms with van der Waals surface area (Å²) in [7, 11) is 0. The number of nitrogens with two attached hydrogens (primary N) is 1. The number of rotatable bonds is 4. The maximum Gasteiger partial charge on any atom is 0.253 e. The van der Waals surface area contributed by atoms with Gasteiger partial charge in [-0.25, -0.2) is 0 Å². The second kappa shape index (κ2) is 9.30. The van der Waals surface area contributed by atoms with E-state index in [4.69, 9.17) is 5.73 Å². The smallest absolute Gasteiger partial charge is 0.253 e. The molecule has 0 bridgehead atoms. The third-order valence-electron chi connectivity index (χ3n) is 3.93. The van der Waals surface area contributed by atoms with Crippen molar-refractivity contribution in [2.45, 2.75) is 18.9 Å². The molecule has 1 aromatic heterocycles. The van der Waals surface area contributed by atoms with E-state index < -0.39 is 0 Å². The molecule has 1 aliphatic heterocycles. The standard InChI is InChI=1S/C16H19N5O.2ClH/c17-14-7-2-1-6-13(14)16(22)18-11-12-5-4-10-21(12)15-8-3-9-19-20-15;;/h1-3,6-9,12H,4-5,10-11,17H2,(H,18,22);2*1H. The first-order valence-electron chi connectivity index (χ1n) is 7.43. The minimum absolute atomic E-state index is 0. The number of nitrogens with one attached hydrogen (secondary N) is 1. The van der Waals surface area contributed by atoms with Crippen LogP contribution in [-0.4, -0.2) is 35.2 Å². The molecule has 0 aliphatic carbocycles. The van der Waals surface area contributed by atoms with Crippen LogP contribution in [0, 0.1) is 0 Å². The predicted molar refractivity (Wildman–Crippen MR) is 100 cm³/mol. The van der Waals surface area contributed by atoms with Crippen molar-refractivity contribution in [3.63, 3.8) is 0 Å². The Labute approximate surface area is 153 Å². The molecule has 1 saturated heterocycles. The Hall–Kier alpha value is -2.05. The highest BCUT2D eigenvalue weighted by molar-refractivity contribution is 5.99. The molecule has 2 heterocycles. The highest BCUT2D eigenvalue weighted by Crippen LogP contribution is 2.22. The maximum atomic E-state index is 12.2. The molecule has 3 rings (SSSR count). The number of amides is 1. The zero-order valence-corrected chi connectivity index (χ0v) is 14.7. The number of para-hydroxylation sites is 1.